The molecule has 0 saturated heterocycles. The molecular formula is C18H21N3O2S2. The topological polar surface area (TPSA) is 75.4 Å². The van der Waals surface area contributed by atoms with Gasteiger partial charge in [0.25, 0.3) is 5.91 Å². The van der Waals surface area contributed by atoms with E-state index in [4.69, 9.17) is 5.73 Å². The fourth-order valence-corrected chi connectivity index (χ4v) is 6.15. The Morgan fingerprint density at radius 3 is 2.96 bits per heavy atom. The molecule has 0 fully saturated rings. The Kier molecular flexibility index (Phi) is 4.39. The molecule has 0 aromatic carbocycles. The molecule has 0 radical (unpaired) electrons. The van der Waals surface area contributed by atoms with Crippen molar-refractivity contribution < 1.29 is 9.59 Å². The van der Waals surface area contributed by atoms with Gasteiger partial charge in [-0.3, -0.25) is 14.5 Å². The van der Waals surface area contributed by atoms with E-state index >= 15 is 0 Å². The highest BCUT2D eigenvalue weighted by molar-refractivity contribution is 7.17. The van der Waals surface area contributed by atoms with Crippen LogP contribution in [0.2, 0.25) is 0 Å². The van der Waals surface area contributed by atoms with E-state index in [1.165, 1.54) is 26.7 Å². The van der Waals surface area contributed by atoms with Crippen LogP contribution < -0.4 is 11.1 Å². The average molecular weight is 376 g/mol. The summed E-state index contributed by atoms with van der Waals surface area (Å²) in [6.07, 6.45) is 3.90. The van der Waals surface area contributed by atoms with Crippen molar-refractivity contribution in [3.8, 4) is 0 Å². The zero-order valence-electron chi connectivity index (χ0n) is 14.1. The van der Waals surface area contributed by atoms with Crippen LogP contribution in [-0.4, -0.2) is 29.8 Å². The van der Waals surface area contributed by atoms with Crippen molar-refractivity contribution in [2.24, 2.45) is 5.73 Å². The lowest BCUT2D eigenvalue weighted by molar-refractivity contribution is -0.117. The van der Waals surface area contributed by atoms with Gasteiger partial charge >= 0.3 is 0 Å². The van der Waals surface area contributed by atoms with Crippen molar-refractivity contribution >= 4 is 39.5 Å². The summed E-state index contributed by atoms with van der Waals surface area (Å²) in [4.78, 5) is 29.2. The third kappa shape index (κ3) is 3.01. The number of primary amides is 1. The van der Waals surface area contributed by atoms with E-state index in [0.717, 1.165) is 37.8 Å². The van der Waals surface area contributed by atoms with Crippen LogP contribution in [0.5, 0.6) is 0 Å². The van der Waals surface area contributed by atoms with Gasteiger partial charge in [0, 0.05) is 22.3 Å². The van der Waals surface area contributed by atoms with Crippen LogP contribution in [0, 0.1) is 0 Å². The molecule has 1 unspecified atom stereocenters. The summed E-state index contributed by atoms with van der Waals surface area (Å²) in [5.74, 6) is -0.517. The zero-order valence-corrected chi connectivity index (χ0v) is 15.8. The minimum atomic E-state index is -0.441. The van der Waals surface area contributed by atoms with E-state index in [0.29, 0.717) is 17.1 Å². The first-order chi connectivity index (χ1) is 12.0. The first-order valence-corrected chi connectivity index (χ1v) is 10.3. The zero-order chi connectivity index (χ0) is 17.6. The molecule has 0 spiro atoms. The van der Waals surface area contributed by atoms with Gasteiger partial charge in [-0.05, 0) is 55.2 Å². The van der Waals surface area contributed by atoms with Gasteiger partial charge in [0.2, 0.25) is 5.91 Å². The summed E-state index contributed by atoms with van der Waals surface area (Å²) in [6.45, 7) is 3.36. The minimum absolute atomic E-state index is 0.0760. The quantitative estimate of drug-likeness (QED) is 0.863. The second-order valence-corrected chi connectivity index (χ2v) is 8.78. The standard InChI is InChI=1S/C18H21N3O2S2/c1-10-11-6-8-24-13(11)5-7-21(10)9-15(22)20-18-16(17(19)23)12-3-2-4-14(12)25-18/h6,8,10H,2-5,7,9H2,1H3,(H2,19,23)(H,20,22). The number of carbonyl (C=O) groups excluding carboxylic acids is 2. The Balaban J connectivity index is 1.48. The summed E-state index contributed by atoms with van der Waals surface area (Å²) < 4.78 is 0. The number of fused-ring (bicyclic) bond motifs is 2. The number of nitrogens with one attached hydrogen (secondary N) is 1. The molecule has 1 aliphatic carbocycles. The highest BCUT2D eigenvalue weighted by Crippen LogP contribution is 2.39. The smallest absolute Gasteiger partial charge is 0.251 e. The average Bonchev–Trinajstić information content (AvgIpc) is 3.24. The molecular weight excluding hydrogens is 354 g/mol. The summed E-state index contributed by atoms with van der Waals surface area (Å²) in [6, 6.07) is 2.40. The number of thiophene rings is 2. The van der Waals surface area contributed by atoms with Crippen molar-refractivity contribution in [3.05, 3.63) is 37.9 Å². The second kappa shape index (κ2) is 6.55. The molecule has 3 N–H and O–H groups in total. The van der Waals surface area contributed by atoms with Crippen molar-refractivity contribution in [1.82, 2.24) is 4.90 Å². The predicted octanol–water partition coefficient (Wildman–Crippen LogP) is 2.96. The van der Waals surface area contributed by atoms with Gasteiger partial charge in [0.05, 0.1) is 12.1 Å². The Bertz CT molecular complexity index is 839. The fourth-order valence-electron chi connectivity index (χ4n) is 3.88. The summed E-state index contributed by atoms with van der Waals surface area (Å²) in [5, 5.41) is 5.70. The maximum atomic E-state index is 12.6. The molecule has 0 bridgehead atoms. The third-order valence-corrected chi connectivity index (χ3v) is 7.37. The van der Waals surface area contributed by atoms with Gasteiger partial charge in [-0.1, -0.05) is 0 Å². The van der Waals surface area contributed by atoms with E-state index < -0.39 is 5.91 Å². The lowest BCUT2D eigenvalue weighted by Gasteiger charge is -2.32. The van der Waals surface area contributed by atoms with Crippen molar-refractivity contribution in [1.29, 1.82) is 0 Å². The number of amides is 2. The highest BCUT2D eigenvalue weighted by atomic mass is 32.1. The normalized spacial score (nSPS) is 19.5. The Morgan fingerprint density at radius 2 is 2.16 bits per heavy atom. The molecule has 5 nitrogen and oxygen atoms in total. The number of nitrogens with zero attached hydrogens (tertiary/aromatic N) is 1. The molecule has 132 valence electrons. The number of anilines is 1. The largest absolute Gasteiger partial charge is 0.365 e. The number of carbonyl (C=O) groups is 2. The van der Waals surface area contributed by atoms with Gasteiger partial charge in [0.15, 0.2) is 0 Å². The van der Waals surface area contributed by atoms with Gasteiger partial charge in [-0.2, -0.15) is 0 Å². The molecule has 25 heavy (non-hydrogen) atoms. The Labute approximate surface area is 154 Å². The van der Waals surface area contributed by atoms with Gasteiger partial charge < -0.3 is 11.1 Å². The lowest BCUT2D eigenvalue weighted by Crippen LogP contribution is -2.39. The molecule has 2 amide bonds. The molecule has 1 atom stereocenters. The van der Waals surface area contributed by atoms with Gasteiger partial charge in [-0.25, -0.2) is 0 Å². The van der Waals surface area contributed by atoms with Crippen molar-refractivity contribution in [3.63, 3.8) is 0 Å². The van der Waals surface area contributed by atoms with Crippen LogP contribution in [-0.2, 0) is 24.1 Å². The number of nitrogens with two attached hydrogens (primary N) is 1. The van der Waals surface area contributed by atoms with Crippen LogP contribution in [0.25, 0.3) is 0 Å². The van der Waals surface area contributed by atoms with Crippen LogP contribution in [0.3, 0.4) is 0 Å². The van der Waals surface area contributed by atoms with Crippen molar-refractivity contribution in [2.75, 3.05) is 18.4 Å². The summed E-state index contributed by atoms with van der Waals surface area (Å²) in [5.41, 5.74) is 8.46. The van der Waals surface area contributed by atoms with E-state index in [2.05, 4.69) is 28.6 Å². The lowest BCUT2D eigenvalue weighted by atomic mass is 10.0. The second-order valence-electron chi connectivity index (χ2n) is 6.67. The predicted molar refractivity (Wildman–Crippen MR) is 102 cm³/mol. The van der Waals surface area contributed by atoms with Gasteiger partial charge in [0.1, 0.15) is 5.00 Å². The summed E-state index contributed by atoms with van der Waals surface area (Å²) >= 11 is 3.30. The first kappa shape index (κ1) is 16.8. The number of aryl methyl sites for hydroxylation is 1. The number of hydrogen-bond acceptors (Lipinski definition) is 5. The maximum Gasteiger partial charge on any atom is 0.251 e. The van der Waals surface area contributed by atoms with E-state index in [1.807, 2.05) is 0 Å². The van der Waals surface area contributed by atoms with Crippen LogP contribution >= 0.6 is 22.7 Å². The van der Waals surface area contributed by atoms with Crippen LogP contribution in [0.15, 0.2) is 11.4 Å². The molecule has 1 aliphatic heterocycles. The van der Waals surface area contributed by atoms with Crippen molar-refractivity contribution in [2.45, 2.75) is 38.6 Å². The molecule has 2 aromatic heterocycles. The number of rotatable bonds is 4. The van der Waals surface area contributed by atoms with Crippen LogP contribution in [0.4, 0.5) is 5.00 Å². The molecule has 7 heteroatoms. The summed E-state index contributed by atoms with van der Waals surface area (Å²) in [7, 11) is 0. The Hall–Kier alpha value is -1.70. The minimum Gasteiger partial charge on any atom is -0.365 e. The monoisotopic (exact) mass is 375 g/mol. The molecule has 3 heterocycles. The van der Waals surface area contributed by atoms with E-state index in [9.17, 15) is 9.59 Å². The third-order valence-electron chi connectivity index (χ3n) is 5.17. The fraction of sp³-hybridized carbons (Fsp3) is 0.444. The first-order valence-electron chi connectivity index (χ1n) is 8.59. The van der Waals surface area contributed by atoms with E-state index in [1.54, 1.807) is 11.3 Å². The van der Waals surface area contributed by atoms with Gasteiger partial charge in [-0.15, -0.1) is 22.7 Å². The Morgan fingerprint density at radius 1 is 1.32 bits per heavy atom. The maximum absolute atomic E-state index is 12.6. The highest BCUT2D eigenvalue weighted by Gasteiger charge is 2.29. The van der Waals surface area contributed by atoms with E-state index in [-0.39, 0.29) is 11.9 Å². The SMILES string of the molecule is CC1c2ccsc2CCN1CC(=O)Nc1sc2c(c1C(N)=O)CCC2. The molecule has 2 aliphatic rings. The molecule has 0 saturated carbocycles. The molecule has 2 aromatic rings. The number of hydrogen-bond donors (Lipinski definition) is 2. The molecule has 4 rings (SSSR count). The van der Waals surface area contributed by atoms with Crippen LogP contribution in [0.1, 0.15) is 50.6 Å².